The van der Waals surface area contributed by atoms with Crippen LogP contribution in [0.1, 0.15) is 12.8 Å². The van der Waals surface area contributed by atoms with Crippen LogP contribution in [0.25, 0.3) is 0 Å². The summed E-state index contributed by atoms with van der Waals surface area (Å²) in [6.45, 7) is 1.15. The number of nitrogens with zero attached hydrogens (tertiary/aromatic N) is 2. The number of hydrogen-bond acceptors (Lipinski definition) is 5. The zero-order chi connectivity index (χ0) is 14.9. The maximum atomic E-state index is 12.2. The fraction of sp³-hybridized carbons (Fsp3) is 0.818. The highest BCUT2D eigenvalue weighted by Gasteiger charge is 2.38. The Morgan fingerprint density at radius 3 is 2.10 bits per heavy atom. The Labute approximate surface area is 117 Å². The molecule has 20 heavy (non-hydrogen) atoms. The molecule has 0 saturated carbocycles. The van der Waals surface area contributed by atoms with Gasteiger partial charge in [0.1, 0.15) is 6.10 Å². The molecule has 1 amide bonds. The molecule has 114 valence electrons. The van der Waals surface area contributed by atoms with Gasteiger partial charge in [-0.1, -0.05) is 0 Å². The van der Waals surface area contributed by atoms with Crippen molar-refractivity contribution in [2.75, 3.05) is 32.4 Å². The molecule has 2 aliphatic rings. The van der Waals surface area contributed by atoms with Crippen molar-refractivity contribution in [3.63, 3.8) is 0 Å². The molecule has 2 atom stereocenters. The van der Waals surface area contributed by atoms with Gasteiger partial charge < -0.3 is 14.7 Å². The predicted molar refractivity (Wildman–Crippen MR) is 68.5 cm³/mol. The van der Waals surface area contributed by atoms with Crippen molar-refractivity contribution < 1.29 is 27.9 Å². The first-order valence-electron chi connectivity index (χ1n) is 6.41. The van der Waals surface area contributed by atoms with Crippen LogP contribution in [0.4, 0.5) is 0 Å². The Kier molecular flexibility index (Phi) is 4.31. The Hall–Kier alpha value is -1.19. The highest BCUT2D eigenvalue weighted by atomic mass is 32.2. The zero-order valence-electron chi connectivity index (χ0n) is 11.2. The van der Waals surface area contributed by atoms with Gasteiger partial charge >= 0.3 is 5.97 Å². The van der Waals surface area contributed by atoms with Crippen molar-refractivity contribution in [2.24, 2.45) is 0 Å². The number of carbonyl (C=O) groups is 2. The van der Waals surface area contributed by atoms with E-state index >= 15 is 0 Å². The molecular formula is C11H18N2O6S. The van der Waals surface area contributed by atoms with Gasteiger partial charge in [0.05, 0.1) is 6.26 Å². The van der Waals surface area contributed by atoms with Crippen molar-refractivity contribution in [1.82, 2.24) is 9.21 Å². The van der Waals surface area contributed by atoms with E-state index < -0.39 is 28.2 Å². The lowest BCUT2D eigenvalue weighted by Gasteiger charge is -2.34. The summed E-state index contributed by atoms with van der Waals surface area (Å²) >= 11 is 0. The minimum Gasteiger partial charge on any atom is -0.479 e. The number of carboxylic acids is 1. The van der Waals surface area contributed by atoms with Crippen LogP contribution in [0.2, 0.25) is 0 Å². The van der Waals surface area contributed by atoms with Crippen LogP contribution in [0.3, 0.4) is 0 Å². The largest absolute Gasteiger partial charge is 0.479 e. The van der Waals surface area contributed by atoms with E-state index in [4.69, 9.17) is 9.84 Å². The van der Waals surface area contributed by atoms with E-state index in [1.165, 1.54) is 9.21 Å². The van der Waals surface area contributed by atoms with E-state index in [1.54, 1.807) is 0 Å². The second-order valence-electron chi connectivity index (χ2n) is 5.02. The molecule has 9 heteroatoms. The van der Waals surface area contributed by atoms with Crippen LogP contribution in [-0.4, -0.2) is 79.2 Å². The standard InChI is InChI=1S/C11H18N2O6S/c1-20(17,18)13-6-4-12(5-7-13)10(14)8-2-3-9(19-8)11(15)16/h8-9H,2-7H2,1H3,(H,15,16)/t8-,9+/m0/s1. The van der Waals surface area contributed by atoms with Crippen LogP contribution in [0.5, 0.6) is 0 Å². The monoisotopic (exact) mass is 306 g/mol. The van der Waals surface area contributed by atoms with Crippen molar-refractivity contribution in [3.05, 3.63) is 0 Å². The molecule has 0 aromatic heterocycles. The Bertz CT molecular complexity index is 497. The fourth-order valence-electron chi connectivity index (χ4n) is 2.44. The number of rotatable bonds is 3. The van der Waals surface area contributed by atoms with Gasteiger partial charge in [0.2, 0.25) is 10.0 Å². The number of hydrogen-bond donors (Lipinski definition) is 1. The number of carboxylic acid groups (broad SMARTS) is 1. The fourth-order valence-corrected chi connectivity index (χ4v) is 3.27. The molecule has 0 aromatic rings. The van der Waals surface area contributed by atoms with Crippen molar-refractivity contribution >= 4 is 21.9 Å². The molecule has 0 aromatic carbocycles. The quantitative estimate of drug-likeness (QED) is 0.696. The minimum absolute atomic E-state index is 0.248. The van der Waals surface area contributed by atoms with E-state index in [2.05, 4.69) is 0 Å². The second kappa shape index (κ2) is 5.66. The topological polar surface area (TPSA) is 104 Å². The lowest BCUT2D eigenvalue weighted by molar-refractivity contribution is -0.155. The lowest BCUT2D eigenvalue weighted by atomic mass is 10.1. The van der Waals surface area contributed by atoms with Gasteiger partial charge in [-0.2, -0.15) is 4.31 Å². The smallest absolute Gasteiger partial charge is 0.332 e. The van der Waals surface area contributed by atoms with Gasteiger partial charge in [0.15, 0.2) is 6.10 Å². The lowest BCUT2D eigenvalue weighted by Crippen LogP contribution is -2.52. The van der Waals surface area contributed by atoms with Crippen LogP contribution >= 0.6 is 0 Å². The highest BCUT2D eigenvalue weighted by Crippen LogP contribution is 2.22. The van der Waals surface area contributed by atoms with Gasteiger partial charge in [-0.15, -0.1) is 0 Å². The first-order valence-corrected chi connectivity index (χ1v) is 8.26. The number of carbonyl (C=O) groups excluding carboxylic acids is 1. The van der Waals surface area contributed by atoms with E-state index in [0.29, 0.717) is 25.9 Å². The molecule has 1 N–H and O–H groups in total. The van der Waals surface area contributed by atoms with E-state index in [1.807, 2.05) is 0 Å². The average Bonchev–Trinajstić information content (AvgIpc) is 2.86. The SMILES string of the molecule is CS(=O)(=O)N1CCN(C(=O)[C@@H]2CC[C@H](C(=O)O)O2)CC1. The molecular weight excluding hydrogens is 288 g/mol. The predicted octanol–water partition coefficient (Wildman–Crippen LogP) is -1.28. The van der Waals surface area contributed by atoms with E-state index in [9.17, 15) is 18.0 Å². The van der Waals surface area contributed by atoms with Gasteiger partial charge in [-0.05, 0) is 12.8 Å². The van der Waals surface area contributed by atoms with E-state index in [-0.39, 0.29) is 19.0 Å². The normalized spacial score (nSPS) is 28.6. The van der Waals surface area contributed by atoms with Gasteiger partial charge in [0, 0.05) is 26.2 Å². The minimum atomic E-state index is -3.23. The molecule has 2 fully saturated rings. The van der Waals surface area contributed by atoms with Gasteiger partial charge in [-0.3, -0.25) is 4.79 Å². The van der Waals surface area contributed by atoms with Gasteiger partial charge in [0.25, 0.3) is 5.91 Å². The third-order valence-corrected chi connectivity index (χ3v) is 4.89. The first-order chi connectivity index (χ1) is 9.29. The van der Waals surface area contributed by atoms with Gasteiger partial charge in [-0.25, -0.2) is 13.2 Å². The maximum absolute atomic E-state index is 12.2. The van der Waals surface area contributed by atoms with Crippen LogP contribution in [0, 0.1) is 0 Å². The summed E-state index contributed by atoms with van der Waals surface area (Å²) in [5.41, 5.74) is 0. The Morgan fingerprint density at radius 2 is 1.65 bits per heavy atom. The number of piperazine rings is 1. The molecule has 0 bridgehead atoms. The average molecular weight is 306 g/mol. The summed E-state index contributed by atoms with van der Waals surface area (Å²) < 4.78 is 29.3. The highest BCUT2D eigenvalue weighted by molar-refractivity contribution is 7.88. The number of sulfonamides is 1. The van der Waals surface area contributed by atoms with Crippen LogP contribution < -0.4 is 0 Å². The summed E-state index contributed by atoms with van der Waals surface area (Å²) in [5, 5.41) is 8.82. The number of amides is 1. The number of aliphatic carboxylic acids is 1. The Morgan fingerprint density at radius 1 is 1.10 bits per heavy atom. The Balaban J connectivity index is 1.88. The summed E-state index contributed by atoms with van der Waals surface area (Å²) in [6, 6.07) is 0. The summed E-state index contributed by atoms with van der Waals surface area (Å²) in [4.78, 5) is 24.5. The second-order valence-corrected chi connectivity index (χ2v) is 7.00. The third kappa shape index (κ3) is 3.28. The van der Waals surface area contributed by atoms with E-state index in [0.717, 1.165) is 6.26 Å². The maximum Gasteiger partial charge on any atom is 0.332 e. The number of ether oxygens (including phenoxy) is 1. The molecule has 0 radical (unpaired) electrons. The zero-order valence-corrected chi connectivity index (χ0v) is 12.0. The van der Waals surface area contributed by atoms with Crippen molar-refractivity contribution in [2.45, 2.75) is 25.0 Å². The molecule has 2 saturated heterocycles. The van der Waals surface area contributed by atoms with Crippen molar-refractivity contribution in [1.29, 1.82) is 0 Å². The molecule has 2 rings (SSSR count). The molecule has 2 heterocycles. The van der Waals surface area contributed by atoms with Crippen LogP contribution in [-0.2, 0) is 24.3 Å². The first kappa shape index (κ1) is 15.2. The third-order valence-electron chi connectivity index (χ3n) is 3.59. The summed E-state index contributed by atoms with van der Waals surface area (Å²) in [5.74, 6) is -1.30. The van der Waals surface area contributed by atoms with Crippen LogP contribution in [0.15, 0.2) is 0 Å². The summed E-state index contributed by atoms with van der Waals surface area (Å²) in [7, 11) is -3.23. The molecule has 8 nitrogen and oxygen atoms in total. The molecule has 2 aliphatic heterocycles. The van der Waals surface area contributed by atoms with Crippen molar-refractivity contribution in [3.8, 4) is 0 Å². The summed E-state index contributed by atoms with van der Waals surface area (Å²) in [6.07, 6.45) is 0.223. The molecule has 0 spiro atoms. The molecule has 0 aliphatic carbocycles. The molecule has 0 unspecified atom stereocenters.